The van der Waals surface area contributed by atoms with Gasteiger partial charge in [0.25, 0.3) is 0 Å². The van der Waals surface area contributed by atoms with Crippen LogP contribution in [0.3, 0.4) is 0 Å². The van der Waals surface area contributed by atoms with Crippen LogP contribution >= 0.6 is 0 Å². The van der Waals surface area contributed by atoms with E-state index in [1.165, 1.54) is 0 Å². The van der Waals surface area contributed by atoms with Gasteiger partial charge in [-0.25, -0.2) is 13.4 Å². The first kappa shape index (κ1) is 14.7. The summed E-state index contributed by atoms with van der Waals surface area (Å²) < 4.78 is 28.5. The Morgan fingerprint density at radius 2 is 1.85 bits per heavy atom. The molecule has 0 atom stereocenters. The highest BCUT2D eigenvalue weighted by Crippen LogP contribution is 2.19. The Bertz CT molecular complexity index is 678. The summed E-state index contributed by atoms with van der Waals surface area (Å²) in [5, 5.41) is -0.0325. The minimum absolute atomic E-state index is 0.0325. The number of hydrogen-bond acceptors (Lipinski definition) is 5. The molecule has 6 heteroatoms. The zero-order chi connectivity index (χ0) is 14.8. The molecule has 1 heterocycles. The van der Waals surface area contributed by atoms with Gasteiger partial charge in [-0.15, -0.1) is 0 Å². The van der Waals surface area contributed by atoms with Crippen molar-refractivity contribution >= 4 is 9.84 Å². The van der Waals surface area contributed by atoms with Crippen LogP contribution in [0.25, 0.3) is 0 Å². The number of sulfone groups is 1. The largest absolute Gasteiger partial charge is 0.429 e. The van der Waals surface area contributed by atoms with Crippen LogP contribution in [0.2, 0.25) is 0 Å². The van der Waals surface area contributed by atoms with Crippen molar-refractivity contribution in [1.29, 1.82) is 0 Å². The van der Waals surface area contributed by atoms with Crippen LogP contribution in [0.4, 0.5) is 0 Å². The van der Waals surface area contributed by atoms with Gasteiger partial charge in [0.15, 0.2) is 5.89 Å². The molecule has 0 bridgehead atoms. The van der Waals surface area contributed by atoms with Gasteiger partial charge >= 0.3 is 0 Å². The van der Waals surface area contributed by atoms with E-state index in [1.807, 2.05) is 42.3 Å². The molecule has 0 aliphatic carbocycles. The number of aromatic nitrogens is 1. The van der Waals surface area contributed by atoms with E-state index < -0.39 is 9.84 Å². The van der Waals surface area contributed by atoms with Gasteiger partial charge in [0.1, 0.15) is 5.69 Å². The van der Waals surface area contributed by atoms with Crippen molar-refractivity contribution < 1.29 is 12.8 Å². The molecule has 0 saturated heterocycles. The van der Waals surface area contributed by atoms with E-state index in [0.29, 0.717) is 18.1 Å². The second kappa shape index (κ2) is 5.76. The van der Waals surface area contributed by atoms with E-state index in [-0.39, 0.29) is 5.09 Å². The molecular weight excluding hydrogens is 276 g/mol. The minimum atomic E-state index is -3.39. The zero-order valence-electron chi connectivity index (χ0n) is 11.8. The Hall–Kier alpha value is -1.66. The van der Waals surface area contributed by atoms with Crippen molar-refractivity contribution in [3.63, 3.8) is 0 Å². The molecule has 0 radical (unpaired) electrons. The lowest BCUT2D eigenvalue weighted by Gasteiger charge is -2.15. The van der Waals surface area contributed by atoms with Crippen LogP contribution < -0.4 is 0 Å². The van der Waals surface area contributed by atoms with Gasteiger partial charge in [0.2, 0.25) is 14.9 Å². The fourth-order valence-electron chi connectivity index (χ4n) is 2.05. The van der Waals surface area contributed by atoms with Crippen molar-refractivity contribution in [3.05, 3.63) is 47.5 Å². The maximum Gasteiger partial charge on any atom is 0.242 e. The maximum atomic E-state index is 11.7. The molecule has 2 rings (SSSR count). The first-order chi connectivity index (χ1) is 9.36. The summed E-state index contributed by atoms with van der Waals surface area (Å²) in [6.07, 6.45) is 1.13. The van der Waals surface area contributed by atoms with E-state index in [2.05, 4.69) is 4.98 Å². The Kier molecular flexibility index (Phi) is 4.25. The second-order valence-electron chi connectivity index (χ2n) is 4.90. The van der Waals surface area contributed by atoms with Gasteiger partial charge < -0.3 is 4.42 Å². The van der Waals surface area contributed by atoms with E-state index in [0.717, 1.165) is 18.4 Å². The molecule has 0 fully saturated rings. The van der Waals surface area contributed by atoms with Crippen molar-refractivity contribution in [2.24, 2.45) is 0 Å². The third-order valence-electron chi connectivity index (χ3n) is 2.82. The molecule has 0 aliphatic heterocycles. The molecule has 0 N–H and O–H groups in total. The van der Waals surface area contributed by atoms with Gasteiger partial charge in [-0.05, 0) is 12.6 Å². The lowest BCUT2D eigenvalue weighted by atomic mass is 10.2. The summed E-state index contributed by atoms with van der Waals surface area (Å²) in [6.45, 7) is 2.79. The smallest absolute Gasteiger partial charge is 0.242 e. The zero-order valence-corrected chi connectivity index (χ0v) is 12.6. The monoisotopic (exact) mass is 294 g/mol. The third-order valence-corrected chi connectivity index (χ3v) is 3.81. The number of aryl methyl sites for hydroxylation is 1. The van der Waals surface area contributed by atoms with Crippen molar-refractivity contribution in [3.8, 4) is 0 Å². The third kappa shape index (κ3) is 3.68. The lowest BCUT2D eigenvalue weighted by molar-refractivity contribution is 0.307. The summed E-state index contributed by atoms with van der Waals surface area (Å²) >= 11 is 0. The Morgan fingerprint density at radius 3 is 2.45 bits per heavy atom. The highest BCUT2D eigenvalue weighted by atomic mass is 32.2. The van der Waals surface area contributed by atoms with Crippen LogP contribution in [0, 0.1) is 6.92 Å². The van der Waals surface area contributed by atoms with Crippen LogP contribution in [0.15, 0.2) is 39.8 Å². The first-order valence-corrected chi connectivity index (χ1v) is 8.14. The van der Waals surface area contributed by atoms with E-state index in [9.17, 15) is 8.42 Å². The SMILES string of the molecule is Cc1nc(CN(C)Cc2ccccc2)c(S(C)(=O)=O)o1. The fraction of sp³-hybridized carbons (Fsp3) is 0.357. The first-order valence-electron chi connectivity index (χ1n) is 6.25. The van der Waals surface area contributed by atoms with Gasteiger partial charge in [0, 0.05) is 26.3 Å². The molecule has 20 heavy (non-hydrogen) atoms. The standard InChI is InChI=1S/C14H18N2O3S/c1-11-15-13(14(19-11)20(3,17)18)10-16(2)9-12-7-5-4-6-8-12/h4-8H,9-10H2,1-3H3. The number of oxazole rings is 1. The highest BCUT2D eigenvalue weighted by molar-refractivity contribution is 7.90. The van der Waals surface area contributed by atoms with Crippen molar-refractivity contribution in [1.82, 2.24) is 9.88 Å². The molecule has 0 saturated carbocycles. The van der Waals surface area contributed by atoms with Crippen LogP contribution in [0.5, 0.6) is 0 Å². The number of rotatable bonds is 5. The summed E-state index contributed by atoms with van der Waals surface area (Å²) in [6, 6.07) is 9.98. The predicted octanol–water partition coefficient (Wildman–Crippen LogP) is 2.02. The molecule has 1 aromatic heterocycles. The predicted molar refractivity (Wildman–Crippen MR) is 76.0 cm³/mol. The van der Waals surface area contributed by atoms with E-state index in [1.54, 1.807) is 6.92 Å². The van der Waals surface area contributed by atoms with Gasteiger partial charge in [-0.3, -0.25) is 4.90 Å². The molecular formula is C14H18N2O3S. The number of nitrogens with zero attached hydrogens (tertiary/aromatic N) is 2. The molecule has 1 aromatic carbocycles. The van der Waals surface area contributed by atoms with Crippen molar-refractivity contribution in [2.45, 2.75) is 25.1 Å². The van der Waals surface area contributed by atoms with E-state index in [4.69, 9.17) is 4.42 Å². The molecule has 5 nitrogen and oxygen atoms in total. The quantitative estimate of drug-likeness (QED) is 0.844. The average molecular weight is 294 g/mol. The summed E-state index contributed by atoms with van der Waals surface area (Å²) in [7, 11) is -1.47. The van der Waals surface area contributed by atoms with Gasteiger partial charge in [-0.1, -0.05) is 30.3 Å². The summed E-state index contributed by atoms with van der Waals surface area (Å²) in [5.74, 6) is 0.369. The molecule has 0 amide bonds. The lowest BCUT2D eigenvalue weighted by Crippen LogP contribution is -2.18. The topological polar surface area (TPSA) is 63.4 Å². The Labute approximate surface area is 119 Å². The molecule has 0 unspecified atom stereocenters. The highest BCUT2D eigenvalue weighted by Gasteiger charge is 2.21. The van der Waals surface area contributed by atoms with Gasteiger partial charge in [0.05, 0.1) is 0 Å². The fourth-order valence-corrected chi connectivity index (χ4v) is 2.86. The normalized spacial score (nSPS) is 12.0. The van der Waals surface area contributed by atoms with E-state index >= 15 is 0 Å². The molecule has 2 aromatic rings. The average Bonchev–Trinajstić information content (AvgIpc) is 2.71. The molecule has 108 valence electrons. The second-order valence-corrected chi connectivity index (χ2v) is 6.81. The Morgan fingerprint density at radius 1 is 1.20 bits per heavy atom. The summed E-state index contributed by atoms with van der Waals surface area (Å²) in [4.78, 5) is 6.17. The summed E-state index contributed by atoms with van der Waals surface area (Å²) in [5.41, 5.74) is 1.62. The maximum absolute atomic E-state index is 11.7. The van der Waals surface area contributed by atoms with Gasteiger partial charge in [-0.2, -0.15) is 0 Å². The number of hydrogen-bond donors (Lipinski definition) is 0. The van der Waals surface area contributed by atoms with Crippen LogP contribution in [-0.4, -0.2) is 31.6 Å². The number of benzene rings is 1. The molecule has 0 spiro atoms. The molecule has 0 aliphatic rings. The van der Waals surface area contributed by atoms with Crippen molar-refractivity contribution in [2.75, 3.05) is 13.3 Å². The Balaban J connectivity index is 2.14. The van der Waals surface area contributed by atoms with Crippen LogP contribution in [0.1, 0.15) is 17.1 Å². The minimum Gasteiger partial charge on any atom is -0.429 e. The van der Waals surface area contributed by atoms with Crippen LogP contribution in [-0.2, 0) is 22.9 Å².